The number of imidazole rings is 2. The van der Waals surface area contributed by atoms with E-state index < -0.39 is 5.97 Å². The topological polar surface area (TPSA) is 72.9 Å². The molecule has 1 N–H and O–H groups in total. The fourth-order valence-electron chi connectivity index (χ4n) is 1.51. The van der Waals surface area contributed by atoms with Crippen LogP contribution in [0.15, 0.2) is 24.8 Å². The predicted octanol–water partition coefficient (Wildman–Crippen LogP) is 0.292. The SMILES string of the molecule is Cn1ccnc1Cc1nccn1CC(=O)O. The molecule has 0 saturated carbocycles. The molecule has 0 aromatic carbocycles. The molecule has 0 radical (unpaired) electrons. The van der Waals surface area contributed by atoms with Crippen molar-refractivity contribution in [2.24, 2.45) is 7.05 Å². The van der Waals surface area contributed by atoms with Crippen molar-refractivity contribution in [3.05, 3.63) is 36.4 Å². The van der Waals surface area contributed by atoms with Gasteiger partial charge in [-0.2, -0.15) is 0 Å². The summed E-state index contributed by atoms with van der Waals surface area (Å²) < 4.78 is 3.50. The summed E-state index contributed by atoms with van der Waals surface area (Å²) in [5.74, 6) is 0.689. The lowest BCUT2D eigenvalue weighted by Gasteiger charge is -2.04. The van der Waals surface area contributed by atoms with Crippen LogP contribution < -0.4 is 0 Å². The van der Waals surface area contributed by atoms with Crippen LogP contribution in [0.2, 0.25) is 0 Å². The summed E-state index contributed by atoms with van der Waals surface area (Å²) in [6, 6.07) is 0. The van der Waals surface area contributed by atoms with Gasteiger partial charge in [-0.3, -0.25) is 4.79 Å². The molecule has 84 valence electrons. The molecule has 2 aromatic rings. The third-order valence-corrected chi connectivity index (χ3v) is 2.34. The molecule has 16 heavy (non-hydrogen) atoms. The van der Waals surface area contributed by atoms with E-state index in [-0.39, 0.29) is 6.54 Å². The number of rotatable bonds is 4. The number of aromatic nitrogens is 4. The minimum Gasteiger partial charge on any atom is -0.480 e. The molecule has 2 heterocycles. The van der Waals surface area contributed by atoms with Crippen molar-refractivity contribution in [2.45, 2.75) is 13.0 Å². The zero-order chi connectivity index (χ0) is 11.5. The van der Waals surface area contributed by atoms with E-state index >= 15 is 0 Å². The van der Waals surface area contributed by atoms with Crippen molar-refractivity contribution < 1.29 is 9.90 Å². The second-order valence-electron chi connectivity index (χ2n) is 3.50. The first-order chi connectivity index (χ1) is 7.66. The van der Waals surface area contributed by atoms with E-state index in [2.05, 4.69) is 9.97 Å². The zero-order valence-corrected chi connectivity index (χ0v) is 8.87. The fraction of sp³-hybridized carbons (Fsp3) is 0.300. The largest absolute Gasteiger partial charge is 0.480 e. The number of nitrogens with zero attached hydrogens (tertiary/aromatic N) is 4. The lowest BCUT2D eigenvalue weighted by atomic mass is 10.3. The molecule has 0 saturated heterocycles. The number of aliphatic carboxylic acids is 1. The van der Waals surface area contributed by atoms with Crippen LogP contribution in [-0.4, -0.2) is 30.2 Å². The Bertz CT molecular complexity index is 500. The van der Waals surface area contributed by atoms with Gasteiger partial charge in [0, 0.05) is 31.8 Å². The molecule has 0 aliphatic heterocycles. The van der Waals surface area contributed by atoms with Crippen LogP contribution >= 0.6 is 0 Å². The molecule has 0 spiro atoms. The minimum absolute atomic E-state index is 0.0697. The summed E-state index contributed by atoms with van der Waals surface area (Å²) in [6.07, 6.45) is 7.34. The number of carboxylic acid groups (broad SMARTS) is 1. The van der Waals surface area contributed by atoms with Crippen LogP contribution in [0.1, 0.15) is 11.6 Å². The summed E-state index contributed by atoms with van der Waals surface area (Å²) >= 11 is 0. The van der Waals surface area contributed by atoms with E-state index in [1.165, 1.54) is 0 Å². The second-order valence-corrected chi connectivity index (χ2v) is 3.50. The minimum atomic E-state index is -0.876. The fourth-order valence-corrected chi connectivity index (χ4v) is 1.51. The highest BCUT2D eigenvalue weighted by molar-refractivity contribution is 5.66. The van der Waals surface area contributed by atoms with Crippen molar-refractivity contribution in [2.75, 3.05) is 0 Å². The molecule has 0 bridgehead atoms. The summed E-state index contributed by atoms with van der Waals surface area (Å²) in [5, 5.41) is 8.72. The lowest BCUT2D eigenvalue weighted by molar-refractivity contribution is -0.137. The number of hydrogen-bond donors (Lipinski definition) is 1. The smallest absolute Gasteiger partial charge is 0.323 e. The molecule has 2 rings (SSSR count). The van der Waals surface area contributed by atoms with Gasteiger partial charge in [0.2, 0.25) is 0 Å². The van der Waals surface area contributed by atoms with Crippen molar-refractivity contribution in [3.8, 4) is 0 Å². The Balaban J connectivity index is 2.19. The summed E-state index contributed by atoms with van der Waals surface area (Å²) in [4.78, 5) is 18.9. The Morgan fingerprint density at radius 3 is 2.62 bits per heavy atom. The number of carbonyl (C=O) groups is 1. The van der Waals surface area contributed by atoms with Gasteiger partial charge < -0.3 is 14.2 Å². The van der Waals surface area contributed by atoms with Gasteiger partial charge in [-0.05, 0) is 0 Å². The number of hydrogen-bond acceptors (Lipinski definition) is 3. The third kappa shape index (κ3) is 2.10. The average molecular weight is 220 g/mol. The van der Waals surface area contributed by atoms with Gasteiger partial charge in [0.1, 0.15) is 18.2 Å². The Labute approximate surface area is 92.2 Å². The molecule has 6 nitrogen and oxygen atoms in total. The Morgan fingerprint density at radius 1 is 1.31 bits per heavy atom. The Morgan fingerprint density at radius 2 is 2.00 bits per heavy atom. The van der Waals surface area contributed by atoms with Gasteiger partial charge in [-0.15, -0.1) is 0 Å². The molecular weight excluding hydrogens is 208 g/mol. The zero-order valence-electron chi connectivity index (χ0n) is 8.87. The summed E-state index contributed by atoms with van der Waals surface area (Å²) in [6.45, 7) is -0.0697. The van der Waals surface area contributed by atoms with Crippen molar-refractivity contribution in [1.29, 1.82) is 0 Å². The standard InChI is InChI=1S/C10H12N4O2/c1-13-4-2-11-8(13)6-9-12-3-5-14(9)7-10(15)16/h2-5H,6-7H2,1H3,(H,15,16). The number of aryl methyl sites for hydroxylation is 1. The second kappa shape index (κ2) is 4.18. The molecule has 2 aromatic heterocycles. The third-order valence-electron chi connectivity index (χ3n) is 2.34. The van der Waals surface area contributed by atoms with E-state index in [9.17, 15) is 4.79 Å². The van der Waals surface area contributed by atoms with Crippen LogP contribution in [-0.2, 0) is 24.8 Å². The van der Waals surface area contributed by atoms with Crippen molar-refractivity contribution in [1.82, 2.24) is 19.1 Å². The van der Waals surface area contributed by atoms with E-state index in [1.54, 1.807) is 23.2 Å². The van der Waals surface area contributed by atoms with Gasteiger partial charge in [0.05, 0.1) is 6.42 Å². The molecular formula is C10H12N4O2. The summed E-state index contributed by atoms with van der Waals surface area (Å²) in [5.41, 5.74) is 0. The first kappa shape index (κ1) is 10.4. The van der Waals surface area contributed by atoms with Gasteiger partial charge in [0.25, 0.3) is 0 Å². The Hall–Kier alpha value is -2.11. The highest BCUT2D eigenvalue weighted by Crippen LogP contribution is 2.05. The van der Waals surface area contributed by atoms with Gasteiger partial charge in [0.15, 0.2) is 0 Å². The molecule has 0 aliphatic carbocycles. The van der Waals surface area contributed by atoms with Crippen LogP contribution in [0.25, 0.3) is 0 Å². The van der Waals surface area contributed by atoms with E-state index in [0.29, 0.717) is 12.2 Å². The summed E-state index contributed by atoms with van der Waals surface area (Å²) in [7, 11) is 1.90. The van der Waals surface area contributed by atoms with E-state index in [4.69, 9.17) is 5.11 Å². The van der Waals surface area contributed by atoms with Crippen molar-refractivity contribution in [3.63, 3.8) is 0 Å². The van der Waals surface area contributed by atoms with Gasteiger partial charge in [-0.25, -0.2) is 9.97 Å². The van der Waals surface area contributed by atoms with Crippen LogP contribution in [0.3, 0.4) is 0 Å². The maximum atomic E-state index is 10.6. The van der Waals surface area contributed by atoms with E-state index in [1.807, 2.05) is 17.8 Å². The first-order valence-electron chi connectivity index (χ1n) is 4.85. The van der Waals surface area contributed by atoms with Crippen LogP contribution in [0.5, 0.6) is 0 Å². The van der Waals surface area contributed by atoms with Crippen LogP contribution in [0, 0.1) is 0 Å². The monoisotopic (exact) mass is 220 g/mol. The lowest BCUT2D eigenvalue weighted by Crippen LogP contribution is -2.12. The van der Waals surface area contributed by atoms with Gasteiger partial charge in [-0.1, -0.05) is 0 Å². The van der Waals surface area contributed by atoms with E-state index in [0.717, 1.165) is 5.82 Å². The van der Waals surface area contributed by atoms with Crippen LogP contribution in [0.4, 0.5) is 0 Å². The quantitative estimate of drug-likeness (QED) is 0.803. The first-order valence-corrected chi connectivity index (χ1v) is 4.85. The average Bonchev–Trinajstić information content (AvgIpc) is 2.78. The molecule has 0 fully saturated rings. The highest BCUT2D eigenvalue weighted by atomic mass is 16.4. The van der Waals surface area contributed by atoms with Gasteiger partial charge >= 0.3 is 5.97 Å². The van der Waals surface area contributed by atoms with Crippen molar-refractivity contribution >= 4 is 5.97 Å². The Kier molecular flexibility index (Phi) is 2.72. The molecule has 0 amide bonds. The molecule has 0 atom stereocenters. The molecule has 0 aliphatic rings. The predicted molar refractivity (Wildman–Crippen MR) is 55.9 cm³/mol. The molecule has 6 heteroatoms. The maximum absolute atomic E-state index is 10.6. The number of carboxylic acids is 1. The highest BCUT2D eigenvalue weighted by Gasteiger charge is 2.09. The normalized spacial score (nSPS) is 10.6. The maximum Gasteiger partial charge on any atom is 0.323 e. The molecule has 0 unspecified atom stereocenters.